The molecule has 0 unspecified atom stereocenters. The van der Waals surface area contributed by atoms with Gasteiger partial charge in [0.05, 0.1) is 17.6 Å². The highest BCUT2D eigenvalue weighted by atomic mass is 35.5. The van der Waals surface area contributed by atoms with Crippen LogP contribution in [0.25, 0.3) is 11.0 Å². The van der Waals surface area contributed by atoms with Crippen LogP contribution in [0.2, 0.25) is 5.02 Å². The van der Waals surface area contributed by atoms with E-state index in [9.17, 15) is 9.59 Å². The Morgan fingerprint density at radius 1 is 1.00 bits per heavy atom. The number of halogens is 1. The first kappa shape index (κ1) is 18.8. The number of carbonyl (C=O) groups is 2. The van der Waals surface area contributed by atoms with Crippen LogP contribution in [0.15, 0.2) is 73.1 Å². The molecule has 0 aliphatic heterocycles. The van der Waals surface area contributed by atoms with Gasteiger partial charge in [-0.25, -0.2) is 9.48 Å². The van der Waals surface area contributed by atoms with Crippen molar-refractivity contribution in [3.8, 4) is 0 Å². The molecule has 0 spiro atoms. The number of ketones is 1. The van der Waals surface area contributed by atoms with E-state index < -0.39 is 12.1 Å². The molecule has 1 atom stereocenters. The second kappa shape index (κ2) is 8.20. The monoisotopic (exact) mass is 406 g/mol. The molecule has 2 aromatic carbocycles. The Bertz CT molecular complexity index is 1160. The maximum absolute atomic E-state index is 13.1. The summed E-state index contributed by atoms with van der Waals surface area (Å²) in [6.45, 7) is 0.0218. The summed E-state index contributed by atoms with van der Waals surface area (Å²) in [5.74, 6) is -1.01. The molecule has 0 bridgehead atoms. The molecule has 144 valence electrons. The van der Waals surface area contributed by atoms with Crippen LogP contribution in [-0.4, -0.2) is 37.8 Å². The first-order valence-corrected chi connectivity index (χ1v) is 9.18. The minimum absolute atomic E-state index is 0.0218. The topological polar surface area (TPSA) is 87.0 Å². The van der Waals surface area contributed by atoms with Crippen molar-refractivity contribution in [1.82, 2.24) is 20.0 Å². The van der Waals surface area contributed by atoms with Gasteiger partial charge in [-0.2, -0.15) is 0 Å². The van der Waals surface area contributed by atoms with E-state index in [1.54, 1.807) is 47.3 Å². The first-order chi connectivity index (χ1) is 14.1. The summed E-state index contributed by atoms with van der Waals surface area (Å²) in [5.41, 5.74) is 2.05. The van der Waals surface area contributed by atoms with E-state index in [0.717, 1.165) is 5.52 Å². The van der Waals surface area contributed by atoms with E-state index in [0.29, 0.717) is 16.1 Å². The van der Waals surface area contributed by atoms with Gasteiger partial charge >= 0.3 is 5.97 Å². The summed E-state index contributed by atoms with van der Waals surface area (Å²) in [7, 11) is 0. The number of carbonyl (C=O) groups excluding carboxylic acids is 2. The molecule has 0 saturated carbocycles. The molecule has 29 heavy (non-hydrogen) atoms. The van der Waals surface area contributed by atoms with Crippen LogP contribution in [0.5, 0.6) is 0 Å². The molecule has 0 N–H and O–H groups in total. The Hall–Kier alpha value is -3.58. The number of para-hydroxylation sites is 1. The van der Waals surface area contributed by atoms with Crippen molar-refractivity contribution < 1.29 is 14.3 Å². The van der Waals surface area contributed by atoms with Gasteiger partial charge in [0.1, 0.15) is 5.52 Å². The van der Waals surface area contributed by atoms with Crippen LogP contribution in [-0.2, 0) is 11.3 Å². The van der Waals surface area contributed by atoms with Gasteiger partial charge in [-0.1, -0.05) is 28.9 Å². The summed E-state index contributed by atoms with van der Waals surface area (Å²) in [4.78, 5) is 29.6. The lowest BCUT2D eigenvalue weighted by Gasteiger charge is -2.17. The highest BCUT2D eigenvalue weighted by Crippen LogP contribution is 2.17. The van der Waals surface area contributed by atoms with E-state index in [1.165, 1.54) is 6.20 Å². The lowest BCUT2D eigenvalue weighted by Crippen LogP contribution is -2.32. The zero-order chi connectivity index (χ0) is 20.2. The molecule has 2 heterocycles. The summed E-state index contributed by atoms with van der Waals surface area (Å²) < 4.78 is 7.10. The Kier molecular flexibility index (Phi) is 5.31. The summed E-state index contributed by atoms with van der Waals surface area (Å²) >= 11 is 5.91. The van der Waals surface area contributed by atoms with Crippen LogP contribution in [0.3, 0.4) is 0 Å². The number of nitrogens with zero attached hydrogens (tertiary/aromatic N) is 4. The molecule has 0 radical (unpaired) electrons. The van der Waals surface area contributed by atoms with Crippen molar-refractivity contribution in [2.24, 2.45) is 0 Å². The van der Waals surface area contributed by atoms with Crippen LogP contribution >= 0.6 is 11.6 Å². The number of benzene rings is 2. The highest BCUT2D eigenvalue weighted by molar-refractivity contribution is 6.30. The van der Waals surface area contributed by atoms with Crippen molar-refractivity contribution >= 4 is 34.4 Å². The highest BCUT2D eigenvalue weighted by Gasteiger charge is 2.27. The Labute approximate surface area is 170 Å². The molecular formula is C21H15ClN4O3. The van der Waals surface area contributed by atoms with Gasteiger partial charge in [-0.3, -0.25) is 9.78 Å². The minimum Gasteiger partial charge on any atom is -0.448 e. The third kappa shape index (κ3) is 4.14. The summed E-state index contributed by atoms with van der Waals surface area (Å²) in [5, 5.41) is 8.69. The Balaban J connectivity index is 1.65. The number of esters is 1. The molecule has 4 aromatic rings. The molecule has 0 aliphatic carbocycles. The fourth-order valence-corrected chi connectivity index (χ4v) is 2.99. The normalized spacial score (nSPS) is 11.9. The summed E-state index contributed by atoms with van der Waals surface area (Å²) in [6.07, 6.45) is 1.83. The van der Waals surface area contributed by atoms with E-state index in [-0.39, 0.29) is 17.9 Å². The zero-order valence-electron chi connectivity index (χ0n) is 15.1. The van der Waals surface area contributed by atoms with Crippen LogP contribution in [0, 0.1) is 0 Å². The van der Waals surface area contributed by atoms with Crippen molar-refractivity contribution in [2.45, 2.75) is 12.6 Å². The average molecular weight is 407 g/mol. The number of hydrogen-bond acceptors (Lipinski definition) is 6. The van der Waals surface area contributed by atoms with Gasteiger partial charge in [0, 0.05) is 23.0 Å². The molecule has 0 amide bonds. The standard InChI is InChI=1S/C21H15ClN4O3/c22-16-9-7-14(8-10-16)20(27)19(29-21(28)15-4-3-11-23-12-15)13-26-18-6-2-1-5-17(18)24-25-26/h1-12,19H,13H2/t19-/m1/s1. The fraction of sp³-hybridized carbons (Fsp3) is 0.0952. The average Bonchev–Trinajstić information content (AvgIpc) is 3.17. The molecule has 4 rings (SSSR count). The predicted octanol–water partition coefficient (Wildman–Crippen LogP) is 3.59. The molecule has 2 aromatic heterocycles. The largest absolute Gasteiger partial charge is 0.448 e. The van der Waals surface area contributed by atoms with Gasteiger partial charge in [-0.15, -0.1) is 5.10 Å². The second-order valence-corrected chi connectivity index (χ2v) is 6.70. The third-order valence-electron chi connectivity index (χ3n) is 4.33. The number of aromatic nitrogens is 4. The summed E-state index contributed by atoms with van der Waals surface area (Å²) in [6, 6.07) is 16.9. The van der Waals surface area contributed by atoms with Gasteiger partial charge in [-0.05, 0) is 48.5 Å². The predicted molar refractivity (Wildman–Crippen MR) is 107 cm³/mol. The Morgan fingerprint density at radius 3 is 2.55 bits per heavy atom. The number of pyridine rings is 1. The molecule has 7 nitrogen and oxygen atoms in total. The van der Waals surface area contributed by atoms with Gasteiger partial charge in [0.2, 0.25) is 5.78 Å². The van der Waals surface area contributed by atoms with Gasteiger partial charge in [0.15, 0.2) is 6.10 Å². The van der Waals surface area contributed by atoms with Gasteiger partial charge in [0.25, 0.3) is 0 Å². The lowest BCUT2D eigenvalue weighted by molar-refractivity contribution is 0.0244. The minimum atomic E-state index is -1.10. The lowest BCUT2D eigenvalue weighted by atomic mass is 10.1. The van der Waals surface area contributed by atoms with E-state index >= 15 is 0 Å². The van der Waals surface area contributed by atoms with Crippen LogP contribution < -0.4 is 0 Å². The number of fused-ring (bicyclic) bond motifs is 1. The molecular weight excluding hydrogens is 392 g/mol. The maximum atomic E-state index is 13.1. The van der Waals surface area contributed by atoms with Crippen molar-refractivity contribution in [3.63, 3.8) is 0 Å². The smallest absolute Gasteiger partial charge is 0.340 e. The quantitative estimate of drug-likeness (QED) is 0.359. The zero-order valence-corrected chi connectivity index (χ0v) is 15.9. The number of ether oxygens (including phenoxy) is 1. The van der Waals surface area contributed by atoms with E-state index in [4.69, 9.17) is 16.3 Å². The number of rotatable bonds is 6. The first-order valence-electron chi connectivity index (χ1n) is 8.81. The van der Waals surface area contributed by atoms with Crippen LogP contribution in [0.1, 0.15) is 20.7 Å². The number of Topliss-reactive ketones (excluding diaryl/α,β-unsaturated/α-hetero) is 1. The SMILES string of the molecule is O=C(O[C@H](Cn1nnc2ccccc21)C(=O)c1ccc(Cl)cc1)c1cccnc1. The molecule has 8 heteroatoms. The van der Waals surface area contributed by atoms with E-state index in [1.807, 2.05) is 24.3 Å². The van der Waals surface area contributed by atoms with Gasteiger partial charge < -0.3 is 4.74 Å². The van der Waals surface area contributed by atoms with Crippen molar-refractivity contribution in [3.05, 3.63) is 89.2 Å². The van der Waals surface area contributed by atoms with Crippen molar-refractivity contribution in [1.29, 1.82) is 0 Å². The Morgan fingerprint density at radius 2 is 1.79 bits per heavy atom. The van der Waals surface area contributed by atoms with Crippen LogP contribution in [0.4, 0.5) is 0 Å². The molecule has 0 saturated heterocycles. The maximum Gasteiger partial charge on any atom is 0.340 e. The third-order valence-corrected chi connectivity index (χ3v) is 4.58. The number of hydrogen-bond donors (Lipinski definition) is 0. The second-order valence-electron chi connectivity index (χ2n) is 6.27. The van der Waals surface area contributed by atoms with E-state index in [2.05, 4.69) is 15.3 Å². The fourth-order valence-electron chi connectivity index (χ4n) is 2.86. The van der Waals surface area contributed by atoms with Crippen molar-refractivity contribution in [2.75, 3.05) is 0 Å². The molecule has 0 aliphatic rings. The molecule has 0 fully saturated rings.